The molecule has 3 atom stereocenters. The van der Waals surface area contributed by atoms with E-state index in [4.69, 9.17) is 24.1 Å². The third-order valence-electron chi connectivity index (χ3n) is 2.02. The van der Waals surface area contributed by atoms with Gasteiger partial charge in [0.1, 0.15) is 0 Å². The number of ether oxygens (including phenoxy) is 4. The van der Waals surface area contributed by atoms with Gasteiger partial charge in [-0.05, 0) is 26.8 Å². The van der Waals surface area contributed by atoms with Gasteiger partial charge in [-0.3, -0.25) is 0 Å². The second-order valence-electron chi connectivity index (χ2n) is 3.79. The maximum atomic E-state index is 9.05. The number of hydrogen-bond acceptors (Lipinski definition) is 5. The zero-order chi connectivity index (χ0) is 13.8. The van der Waals surface area contributed by atoms with Gasteiger partial charge in [-0.25, -0.2) is 0 Å². The third-order valence-corrected chi connectivity index (χ3v) is 2.02. The number of aliphatic hydroxyl groups is 1. The number of rotatable bonds is 12. The summed E-state index contributed by atoms with van der Waals surface area (Å²) in [5.41, 5.74) is 0. The van der Waals surface area contributed by atoms with Crippen LogP contribution in [0.3, 0.4) is 0 Å². The Kier molecular flexibility index (Phi) is 11.3. The third kappa shape index (κ3) is 9.56. The van der Waals surface area contributed by atoms with Crippen LogP contribution in [0.2, 0.25) is 0 Å². The highest BCUT2D eigenvalue weighted by molar-refractivity contribution is 4.72. The van der Waals surface area contributed by atoms with Crippen molar-refractivity contribution in [1.29, 1.82) is 0 Å². The molecule has 0 aliphatic heterocycles. The lowest BCUT2D eigenvalue weighted by atomic mass is 10.4. The van der Waals surface area contributed by atoms with Crippen LogP contribution in [0.1, 0.15) is 27.2 Å². The monoisotopic (exact) mass is 262 g/mol. The summed E-state index contributed by atoms with van der Waals surface area (Å²) in [6.07, 6.45) is 0.854. The van der Waals surface area contributed by atoms with E-state index in [9.17, 15) is 0 Å². The molecular formula is C13H26O5. The first-order chi connectivity index (χ1) is 8.63. The quantitative estimate of drug-likeness (QED) is 0.329. The molecule has 1 N–H and O–H groups in total. The first-order valence-corrected chi connectivity index (χ1v) is 6.41. The minimum atomic E-state index is -0.469. The molecule has 0 aromatic rings. The highest BCUT2D eigenvalue weighted by atomic mass is 16.8. The van der Waals surface area contributed by atoms with Crippen LogP contribution in [-0.4, -0.2) is 50.2 Å². The van der Waals surface area contributed by atoms with Gasteiger partial charge in [0.25, 0.3) is 0 Å². The number of hydrogen-bond donors (Lipinski definition) is 1. The molecule has 3 unspecified atom stereocenters. The summed E-state index contributed by atoms with van der Waals surface area (Å²) in [5.74, 6) is 0. The highest BCUT2D eigenvalue weighted by Gasteiger charge is 2.14. The lowest BCUT2D eigenvalue weighted by molar-refractivity contribution is -0.230. The van der Waals surface area contributed by atoms with Crippen LogP contribution in [0.15, 0.2) is 12.7 Å². The van der Waals surface area contributed by atoms with Crippen molar-refractivity contribution in [3.63, 3.8) is 0 Å². The summed E-state index contributed by atoms with van der Waals surface area (Å²) in [6, 6.07) is 0. The largest absolute Gasteiger partial charge is 0.391 e. The minimum Gasteiger partial charge on any atom is -0.391 e. The average molecular weight is 262 g/mol. The van der Waals surface area contributed by atoms with E-state index < -0.39 is 18.7 Å². The Bertz CT molecular complexity index is 196. The molecule has 108 valence electrons. The Hall–Kier alpha value is -0.460. The molecule has 5 nitrogen and oxygen atoms in total. The van der Waals surface area contributed by atoms with Gasteiger partial charge in [0.2, 0.25) is 0 Å². The van der Waals surface area contributed by atoms with Crippen molar-refractivity contribution >= 4 is 0 Å². The van der Waals surface area contributed by atoms with Gasteiger partial charge in [0.05, 0.1) is 19.3 Å². The summed E-state index contributed by atoms with van der Waals surface area (Å²) in [6.45, 7) is 11.0. The van der Waals surface area contributed by atoms with E-state index in [1.807, 2.05) is 13.8 Å². The van der Waals surface area contributed by atoms with Gasteiger partial charge < -0.3 is 24.1 Å². The molecule has 0 heterocycles. The standard InChI is InChI=1S/C13H26O5/c1-5-12(16-6-2)18-13(17-7-3)8-9-15-10-11(4)14/h5,11-14H,1,6-10H2,2-4H3. The predicted octanol–water partition coefficient (Wildman–Crippen LogP) is 1.70. The molecule has 0 aliphatic carbocycles. The molecule has 0 radical (unpaired) electrons. The molecule has 0 fully saturated rings. The molecule has 18 heavy (non-hydrogen) atoms. The van der Waals surface area contributed by atoms with Gasteiger partial charge in [-0.2, -0.15) is 0 Å². The molecule has 0 aromatic carbocycles. The summed E-state index contributed by atoms with van der Waals surface area (Å²) in [4.78, 5) is 0. The zero-order valence-electron chi connectivity index (χ0n) is 11.6. The first-order valence-electron chi connectivity index (χ1n) is 6.41. The van der Waals surface area contributed by atoms with Gasteiger partial charge in [-0.1, -0.05) is 6.58 Å². The Morgan fingerprint density at radius 2 is 1.89 bits per heavy atom. The summed E-state index contributed by atoms with van der Waals surface area (Å²) >= 11 is 0. The Labute approximate surface area is 110 Å². The summed E-state index contributed by atoms with van der Waals surface area (Å²) < 4.78 is 21.6. The van der Waals surface area contributed by atoms with Crippen molar-refractivity contribution in [2.75, 3.05) is 26.4 Å². The van der Waals surface area contributed by atoms with Crippen molar-refractivity contribution in [1.82, 2.24) is 0 Å². The summed E-state index contributed by atoms with van der Waals surface area (Å²) in [7, 11) is 0. The topological polar surface area (TPSA) is 57.2 Å². The second kappa shape index (κ2) is 11.6. The molecule has 0 bridgehead atoms. The van der Waals surface area contributed by atoms with E-state index in [-0.39, 0.29) is 0 Å². The fourth-order valence-electron chi connectivity index (χ4n) is 1.29. The smallest absolute Gasteiger partial charge is 0.179 e. The van der Waals surface area contributed by atoms with Gasteiger partial charge in [0, 0.05) is 19.6 Å². The van der Waals surface area contributed by atoms with Gasteiger partial charge in [0.15, 0.2) is 12.6 Å². The fraction of sp³-hybridized carbons (Fsp3) is 0.846. The predicted molar refractivity (Wildman–Crippen MR) is 69.2 cm³/mol. The Morgan fingerprint density at radius 3 is 2.39 bits per heavy atom. The summed E-state index contributed by atoms with van der Waals surface area (Å²) in [5, 5.41) is 9.05. The van der Waals surface area contributed by atoms with Crippen molar-refractivity contribution in [2.45, 2.75) is 45.9 Å². The van der Waals surface area contributed by atoms with Gasteiger partial charge in [-0.15, -0.1) is 0 Å². The molecule has 0 saturated heterocycles. The second-order valence-corrected chi connectivity index (χ2v) is 3.79. The van der Waals surface area contributed by atoms with Crippen LogP contribution >= 0.6 is 0 Å². The van der Waals surface area contributed by atoms with Crippen LogP contribution in [-0.2, 0) is 18.9 Å². The van der Waals surface area contributed by atoms with Crippen LogP contribution < -0.4 is 0 Å². The van der Waals surface area contributed by atoms with E-state index in [1.165, 1.54) is 0 Å². The first kappa shape index (κ1) is 17.5. The molecule has 0 aliphatic rings. The van der Waals surface area contributed by atoms with E-state index in [0.717, 1.165) is 0 Å². The molecule has 0 saturated carbocycles. The molecule has 0 amide bonds. The maximum Gasteiger partial charge on any atom is 0.179 e. The van der Waals surface area contributed by atoms with Crippen molar-refractivity contribution < 1.29 is 24.1 Å². The molecule has 0 rings (SSSR count). The van der Waals surface area contributed by atoms with Crippen LogP contribution in [0.5, 0.6) is 0 Å². The zero-order valence-corrected chi connectivity index (χ0v) is 11.6. The maximum absolute atomic E-state index is 9.05. The number of aliphatic hydroxyl groups excluding tert-OH is 1. The van der Waals surface area contributed by atoms with E-state index >= 15 is 0 Å². The van der Waals surface area contributed by atoms with Crippen LogP contribution in [0.25, 0.3) is 0 Å². The van der Waals surface area contributed by atoms with Gasteiger partial charge >= 0.3 is 0 Å². The normalized spacial score (nSPS) is 16.2. The van der Waals surface area contributed by atoms with E-state index in [0.29, 0.717) is 32.8 Å². The minimum absolute atomic E-state index is 0.315. The van der Waals surface area contributed by atoms with Crippen molar-refractivity contribution in [3.05, 3.63) is 12.7 Å². The van der Waals surface area contributed by atoms with Crippen LogP contribution in [0.4, 0.5) is 0 Å². The lowest BCUT2D eigenvalue weighted by Gasteiger charge is -2.22. The molecule has 5 heteroatoms. The van der Waals surface area contributed by atoms with Crippen LogP contribution in [0, 0.1) is 0 Å². The molecular weight excluding hydrogens is 236 g/mol. The average Bonchev–Trinajstić information content (AvgIpc) is 2.33. The SMILES string of the molecule is C=CC(OCC)OC(CCOCC(C)O)OCC. The lowest BCUT2D eigenvalue weighted by Crippen LogP contribution is -2.27. The van der Waals surface area contributed by atoms with E-state index in [2.05, 4.69) is 6.58 Å². The Balaban J connectivity index is 3.92. The highest BCUT2D eigenvalue weighted by Crippen LogP contribution is 2.08. The van der Waals surface area contributed by atoms with Crippen molar-refractivity contribution in [2.24, 2.45) is 0 Å². The van der Waals surface area contributed by atoms with E-state index in [1.54, 1.807) is 13.0 Å². The molecule has 0 aromatic heterocycles. The van der Waals surface area contributed by atoms with Crippen molar-refractivity contribution in [3.8, 4) is 0 Å². The fourth-order valence-corrected chi connectivity index (χ4v) is 1.29. The Morgan fingerprint density at radius 1 is 1.22 bits per heavy atom. The molecule has 0 spiro atoms.